The molecule has 0 heterocycles. The van der Waals surface area contributed by atoms with Crippen LogP contribution in [-0.2, 0) is 0 Å². The minimum absolute atomic E-state index is 0.0480. The lowest BCUT2D eigenvalue weighted by atomic mass is 10.3. The van der Waals surface area contributed by atoms with E-state index >= 15 is 0 Å². The minimum atomic E-state index is -0.866. The van der Waals surface area contributed by atoms with Crippen LogP contribution >= 0.6 is 15.9 Å². The van der Waals surface area contributed by atoms with Gasteiger partial charge < -0.3 is 20.7 Å². The highest BCUT2D eigenvalue weighted by molar-refractivity contribution is 9.10. The third-order valence-corrected chi connectivity index (χ3v) is 2.00. The zero-order valence-electron chi connectivity index (χ0n) is 7.48. The fourth-order valence-corrected chi connectivity index (χ4v) is 1.40. The first-order valence-electron chi connectivity index (χ1n) is 4.09. The SMILES string of the molecule is Nc1cc(Br)cc(OCC(O)CO)c1. The van der Waals surface area contributed by atoms with Crippen LogP contribution in [0, 0.1) is 0 Å². The molecular formula is C9H12BrNO3. The maximum absolute atomic E-state index is 9.04. The van der Waals surface area contributed by atoms with Crippen LogP contribution in [0.1, 0.15) is 0 Å². The summed E-state index contributed by atoms with van der Waals surface area (Å²) in [6, 6.07) is 5.13. The van der Waals surface area contributed by atoms with Crippen molar-refractivity contribution in [2.45, 2.75) is 6.10 Å². The lowest BCUT2D eigenvalue weighted by Gasteiger charge is -2.10. The van der Waals surface area contributed by atoms with Crippen molar-refractivity contribution in [1.82, 2.24) is 0 Å². The number of rotatable bonds is 4. The number of anilines is 1. The highest BCUT2D eigenvalue weighted by atomic mass is 79.9. The largest absolute Gasteiger partial charge is 0.491 e. The fourth-order valence-electron chi connectivity index (χ4n) is 0.913. The van der Waals surface area contributed by atoms with E-state index in [4.69, 9.17) is 20.7 Å². The average molecular weight is 262 g/mol. The summed E-state index contributed by atoms with van der Waals surface area (Å²) < 4.78 is 6.01. The molecule has 0 bridgehead atoms. The first kappa shape index (κ1) is 11.3. The number of hydrogen-bond donors (Lipinski definition) is 3. The zero-order chi connectivity index (χ0) is 10.6. The Bertz CT molecular complexity index is 286. The van der Waals surface area contributed by atoms with Gasteiger partial charge in [-0.05, 0) is 12.1 Å². The third-order valence-electron chi connectivity index (χ3n) is 1.55. The molecule has 1 aromatic carbocycles. The molecule has 0 fully saturated rings. The Hall–Kier alpha value is -0.780. The normalized spacial score (nSPS) is 12.5. The van der Waals surface area contributed by atoms with Crippen LogP contribution in [0.5, 0.6) is 5.75 Å². The Morgan fingerprint density at radius 1 is 1.43 bits per heavy atom. The van der Waals surface area contributed by atoms with Crippen molar-refractivity contribution in [2.24, 2.45) is 0 Å². The van der Waals surface area contributed by atoms with E-state index in [1.807, 2.05) is 0 Å². The van der Waals surface area contributed by atoms with Gasteiger partial charge >= 0.3 is 0 Å². The van der Waals surface area contributed by atoms with Gasteiger partial charge in [-0.1, -0.05) is 15.9 Å². The van der Waals surface area contributed by atoms with E-state index in [2.05, 4.69) is 15.9 Å². The zero-order valence-corrected chi connectivity index (χ0v) is 9.07. The Labute approximate surface area is 90.4 Å². The van der Waals surface area contributed by atoms with Crippen LogP contribution in [0.2, 0.25) is 0 Å². The molecule has 0 saturated heterocycles. The topological polar surface area (TPSA) is 75.7 Å². The summed E-state index contributed by atoms with van der Waals surface area (Å²) >= 11 is 3.27. The van der Waals surface area contributed by atoms with Crippen molar-refractivity contribution in [1.29, 1.82) is 0 Å². The van der Waals surface area contributed by atoms with Crippen LogP contribution in [0.4, 0.5) is 5.69 Å². The van der Waals surface area contributed by atoms with Gasteiger partial charge in [0.05, 0.1) is 6.61 Å². The van der Waals surface area contributed by atoms with E-state index in [-0.39, 0.29) is 13.2 Å². The van der Waals surface area contributed by atoms with Crippen molar-refractivity contribution in [3.63, 3.8) is 0 Å². The summed E-state index contributed by atoms with van der Waals surface area (Å²) in [5, 5.41) is 17.6. The fraction of sp³-hybridized carbons (Fsp3) is 0.333. The maximum atomic E-state index is 9.04. The molecule has 0 amide bonds. The summed E-state index contributed by atoms with van der Waals surface area (Å²) in [5.74, 6) is 0.560. The van der Waals surface area contributed by atoms with Crippen molar-refractivity contribution >= 4 is 21.6 Å². The summed E-state index contributed by atoms with van der Waals surface area (Å²) in [4.78, 5) is 0. The van der Waals surface area contributed by atoms with Gasteiger partial charge in [0.25, 0.3) is 0 Å². The van der Waals surface area contributed by atoms with Crippen molar-refractivity contribution in [3.05, 3.63) is 22.7 Å². The summed E-state index contributed by atoms with van der Waals surface area (Å²) in [6.07, 6.45) is -0.866. The van der Waals surface area contributed by atoms with Gasteiger partial charge in [0, 0.05) is 16.2 Å². The molecule has 0 saturated carbocycles. The Morgan fingerprint density at radius 3 is 2.71 bits per heavy atom. The molecule has 0 radical (unpaired) electrons. The molecule has 0 aromatic heterocycles. The molecule has 1 unspecified atom stereocenters. The van der Waals surface area contributed by atoms with E-state index < -0.39 is 6.10 Å². The van der Waals surface area contributed by atoms with Crippen LogP contribution in [0.3, 0.4) is 0 Å². The first-order valence-corrected chi connectivity index (χ1v) is 4.89. The van der Waals surface area contributed by atoms with E-state index in [1.54, 1.807) is 18.2 Å². The number of nitrogen functional groups attached to an aromatic ring is 1. The van der Waals surface area contributed by atoms with Crippen LogP contribution in [-0.4, -0.2) is 29.5 Å². The minimum Gasteiger partial charge on any atom is -0.491 e. The predicted molar refractivity (Wildman–Crippen MR) is 57.1 cm³/mol. The van der Waals surface area contributed by atoms with Crippen LogP contribution in [0.25, 0.3) is 0 Å². The van der Waals surface area contributed by atoms with Crippen molar-refractivity contribution in [2.75, 3.05) is 18.9 Å². The van der Waals surface area contributed by atoms with Crippen molar-refractivity contribution in [3.8, 4) is 5.75 Å². The number of halogens is 1. The molecule has 1 rings (SSSR count). The lowest BCUT2D eigenvalue weighted by Crippen LogP contribution is -2.21. The molecule has 0 spiro atoms. The smallest absolute Gasteiger partial charge is 0.122 e. The van der Waals surface area contributed by atoms with E-state index in [0.29, 0.717) is 11.4 Å². The molecule has 1 aromatic rings. The van der Waals surface area contributed by atoms with Gasteiger partial charge in [0.1, 0.15) is 18.5 Å². The van der Waals surface area contributed by atoms with Gasteiger partial charge in [0.15, 0.2) is 0 Å². The molecule has 14 heavy (non-hydrogen) atoms. The monoisotopic (exact) mass is 261 g/mol. The number of aliphatic hydroxyl groups is 2. The molecular weight excluding hydrogens is 250 g/mol. The summed E-state index contributed by atoms with van der Waals surface area (Å²) in [5.41, 5.74) is 6.15. The highest BCUT2D eigenvalue weighted by Gasteiger charge is 2.03. The molecule has 0 aliphatic rings. The molecule has 78 valence electrons. The maximum Gasteiger partial charge on any atom is 0.122 e. The van der Waals surface area contributed by atoms with E-state index in [1.165, 1.54) is 0 Å². The number of hydrogen-bond acceptors (Lipinski definition) is 4. The number of aliphatic hydroxyl groups excluding tert-OH is 2. The molecule has 4 N–H and O–H groups in total. The second-order valence-electron chi connectivity index (χ2n) is 2.87. The van der Waals surface area contributed by atoms with Gasteiger partial charge in [-0.3, -0.25) is 0 Å². The van der Waals surface area contributed by atoms with Gasteiger partial charge in [0.2, 0.25) is 0 Å². The van der Waals surface area contributed by atoms with Crippen LogP contribution in [0.15, 0.2) is 22.7 Å². The Morgan fingerprint density at radius 2 is 2.14 bits per heavy atom. The molecule has 5 heteroatoms. The lowest BCUT2D eigenvalue weighted by molar-refractivity contribution is 0.0536. The summed E-state index contributed by atoms with van der Waals surface area (Å²) in [7, 11) is 0. The second-order valence-corrected chi connectivity index (χ2v) is 3.78. The third kappa shape index (κ3) is 3.53. The standard InChI is InChI=1S/C9H12BrNO3/c10-6-1-7(11)3-9(2-6)14-5-8(13)4-12/h1-3,8,12-13H,4-5,11H2. The van der Waals surface area contributed by atoms with Gasteiger partial charge in [-0.15, -0.1) is 0 Å². The van der Waals surface area contributed by atoms with Gasteiger partial charge in [-0.25, -0.2) is 0 Å². The Balaban J connectivity index is 2.58. The number of benzene rings is 1. The van der Waals surface area contributed by atoms with Crippen molar-refractivity contribution < 1.29 is 14.9 Å². The summed E-state index contributed by atoms with van der Waals surface area (Å²) in [6.45, 7) is -0.268. The van der Waals surface area contributed by atoms with Crippen LogP contribution < -0.4 is 10.5 Å². The average Bonchev–Trinajstić information content (AvgIpc) is 2.12. The predicted octanol–water partition coefficient (Wildman–Crippen LogP) is 0.763. The Kier molecular flexibility index (Phi) is 4.19. The number of nitrogens with two attached hydrogens (primary N) is 1. The number of ether oxygens (including phenoxy) is 1. The highest BCUT2D eigenvalue weighted by Crippen LogP contribution is 2.22. The van der Waals surface area contributed by atoms with Gasteiger partial charge in [-0.2, -0.15) is 0 Å². The quantitative estimate of drug-likeness (QED) is 0.700. The first-order chi connectivity index (χ1) is 6.61. The second kappa shape index (κ2) is 5.19. The van der Waals surface area contributed by atoms with E-state index in [0.717, 1.165) is 4.47 Å². The molecule has 0 aliphatic carbocycles. The molecule has 1 atom stereocenters. The molecule has 0 aliphatic heterocycles. The van der Waals surface area contributed by atoms with E-state index in [9.17, 15) is 0 Å². The molecule has 4 nitrogen and oxygen atoms in total.